The third-order valence-electron chi connectivity index (χ3n) is 5.70. The van der Waals surface area contributed by atoms with E-state index in [9.17, 15) is 9.90 Å². The molecule has 0 saturated heterocycles. The number of aliphatic hydroxyl groups is 1. The average Bonchev–Trinajstić information content (AvgIpc) is 3.01. The summed E-state index contributed by atoms with van der Waals surface area (Å²) in [5, 5.41) is 21.5. The molecule has 0 radical (unpaired) electrons. The lowest BCUT2D eigenvalue weighted by molar-refractivity contribution is -0.138. The van der Waals surface area contributed by atoms with Gasteiger partial charge in [-0.15, -0.1) is 0 Å². The van der Waals surface area contributed by atoms with Gasteiger partial charge in [-0.05, 0) is 43.2 Å². The van der Waals surface area contributed by atoms with E-state index in [-0.39, 0.29) is 12.3 Å². The van der Waals surface area contributed by atoms with Gasteiger partial charge < -0.3 is 19.5 Å². The highest BCUT2D eigenvalue weighted by Crippen LogP contribution is 2.35. The number of hydrogen-bond donors (Lipinski definition) is 2. The summed E-state index contributed by atoms with van der Waals surface area (Å²) in [5.74, 6) is -1.01. The highest BCUT2D eigenvalue weighted by atomic mass is 35.5. The smallest absolute Gasteiger partial charge is 0.303 e. The lowest BCUT2D eigenvalue weighted by Crippen LogP contribution is -2.11. The molecule has 2 N–H and O–H groups in total. The standard InChI is InChI=1S/C25H31ClN2O4/c1-17(13-23(30)31)12-22(29)24-20-14-19(26)15-27-25(20)28(2)21(24)10-6-7-11-32-16-18-8-4-3-5-9-18/h3-5,8-9,14-15,17,22,29H,6-7,10-13,16H2,1-2H3,(H,30,31)/t17-,22?/m0/s1. The Labute approximate surface area is 193 Å². The molecule has 0 aliphatic heterocycles. The summed E-state index contributed by atoms with van der Waals surface area (Å²) in [6, 6.07) is 11.9. The molecule has 1 unspecified atom stereocenters. The van der Waals surface area contributed by atoms with Crippen LogP contribution >= 0.6 is 11.6 Å². The van der Waals surface area contributed by atoms with E-state index in [2.05, 4.69) is 4.98 Å². The van der Waals surface area contributed by atoms with Crippen LogP contribution in [0.1, 0.15) is 55.5 Å². The minimum absolute atomic E-state index is 0.0227. The fourth-order valence-corrected chi connectivity index (χ4v) is 4.33. The number of fused-ring (bicyclic) bond motifs is 1. The Bertz CT molecular complexity index is 1040. The van der Waals surface area contributed by atoms with Crippen LogP contribution in [-0.4, -0.2) is 32.3 Å². The molecule has 0 aliphatic rings. The second-order valence-electron chi connectivity index (χ2n) is 8.39. The quantitative estimate of drug-likeness (QED) is 0.360. The van der Waals surface area contributed by atoms with Crippen LogP contribution < -0.4 is 0 Å². The number of pyridine rings is 1. The van der Waals surface area contributed by atoms with Crippen LogP contribution in [0, 0.1) is 5.92 Å². The Balaban J connectivity index is 1.68. The van der Waals surface area contributed by atoms with E-state index in [4.69, 9.17) is 21.4 Å². The van der Waals surface area contributed by atoms with Crippen LogP contribution in [-0.2, 0) is 29.6 Å². The number of rotatable bonds is 12. The minimum Gasteiger partial charge on any atom is -0.481 e. The van der Waals surface area contributed by atoms with Crippen molar-refractivity contribution in [3.8, 4) is 0 Å². The first kappa shape index (κ1) is 24.2. The molecule has 2 aromatic heterocycles. The van der Waals surface area contributed by atoms with E-state index >= 15 is 0 Å². The summed E-state index contributed by atoms with van der Waals surface area (Å²) in [7, 11) is 1.95. The van der Waals surface area contributed by atoms with Crippen LogP contribution in [0.5, 0.6) is 0 Å². The van der Waals surface area contributed by atoms with Crippen LogP contribution in [0.25, 0.3) is 11.0 Å². The van der Waals surface area contributed by atoms with Crippen molar-refractivity contribution in [3.63, 3.8) is 0 Å². The molecule has 0 aliphatic carbocycles. The van der Waals surface area contributed by atoms with Crippen LogP contribution in [0.15, 0.2) is 42.6 Å². The zero-order valence-electron chi connectivity index (χ0n) is 18.6. The third-order valence-corrected chi connectivity index (χ3v) is 5.91. The van der Waals surface area contributed by atoms with E-state index in [1.807, 2.05) is 54.9 Å². The van der Waals surface area contributed by atoms with Gasteiger partial charge >= 0.3 is 5.97 Å². The lowest BCUT2D eigenvalue weighted by Gasteiger charge is -2.17. The number of halogens is 1. The van der Waals surface area contributed by atoms with Crippen LogP contribution in [0.4, 0.5) is 0 Å². The van der Waals surface area contributed by atoms with Gasteiger partial charge in [-0.2, -0.15) is 0 Å². The maximum atomic E-state index is 11.1. The van der Waals surface area contributed by atoms with Crippen molar-refractivity contribution < 1.29 is 19.7 Å². The number of unbranched alkanes of at least 4 members (excludes halogenated alkanes) is 1. The number of benzene rings is 1. The summed E-state index contributed by atoms with van der Waals surface area (Å²) >= 11 is 6.20. The number of carboxylic acid groups (broad SMARTS) is 1. The van der Waals surface area contributed by atoms with E-state index in [0.29, 0.717) is 24.7 Å². The fourth-order valence-electron chi connectivity index (χ4n) is 4.18. The van der Waals surface area contributed by atoms with Gasteiger partial charge in [0.05, 0.1) is 17.7 Å². The molecule has 3 aromatic rings. The van der Waals surface area contributed by atoms with E-state index in [1.54, 1.807) is 6.20 Å². The Morgan fingerprint density at radius 2 is 2.00 bits per heavy atom. The van der Waals surface area contributed by atoms with Gasteiger partial charge in [0.25, 0.3) is 0 Å². The van der Waals surface area contributed by atoms with E-state index in [0.717, 1.165) is 47.1 Å². The van der Waals surface area contributed by atoms with Crippen molar-refractivity contribution in [1.29, 1.82) is 0 Å². The van der Waals surface area contributed by atoms with Crippen LogP contribution in [0.2, 0.25) is 5.02 Å². The number of carbonyl (C=O) groups is 1. The first-order chi connectivity index (χ1) is 15.4. The minimum atomic E-state index is -0.858. The van der Waals surface area contributed by atoms with Gasteiger partial charge in [0.1, 0.15) is 5.65 Å². The first-order valence-corrected chi connectivity index (χ1v) is 11.4. The Hall–Kier alpha value is -2.41. The SMILES string of the molecule is C[C@H](CC(=O)O)CC(O)c1c(CCCCOCc2ccccc2)n(C)c2ncc(Cl)cc12. The fraction of sp³-hybridized carbons (Fsp3) is 0.440. The molecule has 0 bridgehead atoms. The molecule has 0 saturated carbocycles. The van der Waals surface area contributed by atoms with E-state index < -0.39 is 12.1 Å². The molecular weight excluding hydrogens is 428 g/mol. The Kier molecular flexibility index (Phi) is 8.67. The molecule has 0 amide bonds. The van der Waals surface area contributed by atoms with Gasteiger partial charge in [-0.25, -0.2) is 4.98 Å². The van der Waals surface area contributed by atoms with Crippen molar-refractivity contribution in [3.05, 3.63) is 64.4 Å². The Morgan fingerprint density at radius 3 is 2.72 bits per heavy atom. The first-order valence-electron chi connectivity index (χ1n) is 11.0. The molecule has 0 fully saturated rings. The summed E-state index contributed by atoms with van der Waals surface area (Å²) in [6.45, 7) is 3.11. The lowest BCUT2D eigenvalue weighted by atomic mass is 9.93. The molecule has 2 heterocycles. The zero-order valence-corrected chi connectivity index (χ0v) is 19.4. The number of aromatic nitrogens is 2. The number of nitrogens with zero attached hydrogens (tertiary/aromatic N) is 2. The second-order valence-corrected chi connectivity index (χ2v) is 8.83. The number of aryl methyl sites for hydroxylation is 1. The summed E-state index contributed by atoms with van der Waals surface area (Å²) in [4.78, 5) is 15.5. The monoisotopic (exact) mass is 458 g/mol. The zero-order chi connectivity index (χ0) is 23.1. The number of aliphatic hydroxyl groups excluding tert-OH is 1. The second kappa shape index (κ2) is 11.5. The van der Waals surface area contributed by atoms with Gasteiger partial charge in [0, 0.05) is 42.9 Å². The van der Waals surface area contributed by atoms with E-state index in [1.165, 1.54) is 0 Å². The predicted octanol–water partition coefficient (Wildman–Crippen LogP) is 5.30. The molecular formula is C25H31ClN2O4. The topological polar surface area (TPSA) is 84.6 Å². The highest BCUT2D eigenvalue weighted by Gasteiger charge is 2.24. The third kappa shape index (κ3) is 6.31. The van der Waals surface area contributed by atoms with Crippen LogP contribution in [0.3, 0.4) is 0 Å². The molecule has 2 atom stereocenters. The number of ether oxygens (including phenoxy) is 1. The largest absolute Gasteiger partial charge is 0.481 e. The van der Waals surface area contributed by atoms with Gasteiger partial charge in [0.15, 0.2) is 0 Å². The maximum Gasteiger partial charge on any atom is 0.303 e. The highest BCUT2D eigenvalue weighted by molar-refractivity contribution is 6.31. The van der Waals surface area contributed by atoms with Crippen molar-refractivity contribution in [2.75, 3.05) is 6.61 Å². The molecule has 0 spiro atoms. The predicted molar refractivity (Wildman–Crippen MR) is 126 cm³/mol. The Morgan fingerprint density at radius 1 is 1.25 bits per heavy atom. The van der Waals surface area contributed by atoms with Crippen molar-refractivity contribution in [2.24, 2.45) is 13.0 Å². The molecule has 172 valence electrons. The summed E-state index contributed by atoms with van der Waals surface area (Å²) in [6.07, 6.45) is 3.77. The van der Waals surface area contributed by atoms with Crippen molar-refractivity contribution >= 4 is 28.6 Å². The molecule has 7 heteroatoms. The van der Waals surface area contributed by atoms with Gasteiger partial charge in [-0.3, -0.25) is 4.79 Å². The van der Waals surface area contributed by atoms with Crippen molar-refractivity contribution in [1.82, 2.24) is 9.55 Å². The van der Waals surface area contributed by atoms with Crippen molar-refractivity contribution in [2.45, 2.75) is 51.7 Å². The number of carboxylic acids is 1. The number of hydrogen-bond acceptors (Lipinski definition) is 4. The normalized spacial score (nSPS) is 13.4. The van der Waals surface area contributed by atoms with Gasteiger partial charge in [0.2, 0.25) is 0 Å². The van der Waals surface area contributed by atoms with Gasteiger partial charge in [-0.1, -0.05) is 48.9 Å². The summed E-state index contributed by atoms with van der Waals surface area (Å²) in [5.41, 5.74) is 3.74. The molecule has 1 aromatic carbocycles. The average molecular weight is 459 g/mol. The maximum absolute atomic E-state index is 11.1. The molecule has 32 heavy (non-hydrogen) atoms. The molecule has 6 nitrogen and oxygen atoms in total. The number of aliphatic carboxylic acids is 1. The molecule has 3 rings (SSSR count). The summed E-state index contributed by atoms with van der Waals surface area (Å²) < 4.78 is 7.80.